The molecule has 0 aliphatic carbocycles. The molecule has 0 saturated carbocycles. The number of aromatic nitrogens is 3. The summed E-state index contributed by atoms with van der Waals surface area (Å²) in [7, 11) is 1.93. The van der Waals surface area contributed by atoms with Gasteiger partial charge >= 0.3 is 0 Å². The molecule has 4 rings (SSSR count). The quantitative estimate of drug-likeness (QED) is 0.417. The van der Waals surface area contributed by atoms with Gasteiger partial charge in [0.25, 0.3) is 5.91 Å². The van der Waals surface area contributed by atoms with E-state index in [4.69, 9.17) is 34.8 Å². The van der Waals surface area contributed by atoms with Crippen molar-refractivity contribution < 1.29 is 4.79 Å². The summed E-state index contributed by atoms with van der Waals surface area (Å²) in [6, 6.07) is 12.5. The molecule has 9 heteroatoms. The molecular formula is C21H19Cl3N4OS. The third-order valence-corrected chi connectivity index (χ3v) is 7.14. The Bertz CT molecular complexity index is 1090. The normalized spacial score (nSPS) is 16.3. The summed E-state index contributed by atoms with van der Waals surface area (Å²) in [4.78, 5) is 14.9. The van der Waals surface area contributed by atoms with Gasteiger partial charge in [-0.05, 0) is 42.7 Å². The van der Waals surface area contributed by atoms with Crippen molar-refractivity contribution in [3.63, 3.8) is 0 Å². The van der Waals surface area contributed by atoms with E-state index in [1.807, 2.05) is 40.8 Å². The smallest absolute Gasteiger partial charge is 0.255 e. The van der Waals surface area contributed by atoms with Gasteiger partial charge in [0, 0.05) is 29.4 Å². The number of thioether (sulfide) groups is 1. The predicted octanol–water partition coefficient (Wildman–Crippen LogP) is 6.04. The first kappa shape index (κ1) is 21.5. The van der Waals surface area contributed by atoms with Crippen LogP contribution >= 0.6 is 46.6 Å². The number of likely N-dealkylation sites (tertiary alicyclic amines) is 1. The fourth-order valence-corrected chi connectivity index (χ4v) is 5.28. The van der Waals surface area contributed by atoms with Gasteiger partial charge in [0.2, 0.25) is 0 Å². The summed E-state index contributed by atoms with van der Waals surface area (Å²) in [5.41, 5.74) is 1.49. The number of benzene rings is 2. The number of amides is 1. The van der Waals surface area contributed by atoms with Gasteiger partial charge in [-0.2, -0.15) is 0 Å². The maximum Gasteiger partial charge on any atom is 0.255 e. The molecule has 1 saturated heterocycles. The van der Waals surface area contributed by atoms with E-state index in [0.29, 0.717) is 32.9 Å². The fraction of sp³-hybridized carbons (Fsp3) is 0.286. The molecule has 156 valence electrons. The van der Waals surface area contributed by atoms with E-state index in [1.165, 1.54) is 0 Å². The van der Waals surface area contributed by atoms with E-state index in [0.717, 1.165) is 29.4 Å². The van der Waals surface area contributed by atoms with Crippen molar-refractivity contribution in [3.05, 3.63) is 74.5 Å². The number of hydrogen-bond acceptors (Lipinski definition) is 4. The molecule has 0 bridgehead atoms. The number of carbonyl (C=O) groups is 1. The minimum atomic E-state index is -0.125. The molecule has 30 heavy (non-hydrogen) atoms. The first-order valence-corrected chi connectivity index (χ1v) is 11.6. The molecule has 1 aromatic heterocycles. The van der Waals surface area contributed by atoms with E-state index in [9.17, 15) is 4.79 Å². The second-order valence-corrected chi connectivity index (χ2v) is 9.25. The lowest BCUT2D eigenvalue weighted by Gasteiger charge is -2.24. The van der Waals surface area contributed by atoms with Crippen molar-refractivity contribution in [1.29, 1.82) is 0 Å². The molecule has 1 amide bonds. The van der Waals surface area contributed by atoms with Crippen molar-refractivity contribution in [3.8, 4) is 0 Å². The van der Waals surface area contributed by atoms with Gasteiger partial charge in [0.1, 0.15) is 0 Å². The highest BCUT2D eigenvalue weighted by Gasteiger charge is 2.34. The minimum Gasteiger partial charge on any atom is -0.328 e. The molecule has 1 aliphatic heterocycles. The van der Waals surface area contributed by atoms with E-state index in [1.54, 1.807) is 30.0 Å². The van der Waals surface area contributed by atoms with Crippen molar-refractivity contribution in [2.75, 3.05) is 6.54 Å². The molecule has 1 unspecified atom stereocenters. The second kappa shape index (κ2) is 9.18. The van der Waals surface area contributed by atoms with Crippen LogP contribution in [0.2, 0.25) is 15.1 Å². The van der Waals surface area contributed by atoms with Gasteiger partial charge in [0.05, 0.1) is 16.6 Å². The zero-order chi connectivity index (χ0) is 21.3. The van der Waals surface area contributed by atoms with Crippen molar-refractivity contribution in [2.45, 2.75) is 29.8 Å². The highest BCUT2D eigenvalue weighted by molar-refractivity contribution is 7.98. The summed E-state index contributed by atoms with van der Waals surface area (Å²) >= 11 is 20.0. The number of nitrogens with zero attached hydrogens (tertiary/aromatic N) is 4. The van der Waals surface area contributed by atoms with Crippen molar-refractivity contribution in [1.82, 2.24) is 19.7 Å². The Morgan fingerprint density at radius 3 is 2.70 bits per heavy atom. The highest BCUT2D eigenvalue weighted by Crippen LogP contribution is 2.35. The van der Waals surface area contributed by atoms with Crippen LogP contribution in [-0.2, 0) is 12.8 Å². The first-order chi connectivity index (χ1) is 14.5. The third kappa shape index (κ3) is 4.33. The predicted molar refractivity (Wildman–Crippen MR) is 121 cm³/mol. The maximum absolute atomic E-state index is 13.1. The van der Waals surface area contributed by atoms with Crippen LogP contribution in [0.25, 0.3) is 0 Å². The van der Waals surface area contributed by atoms with Gasteiger partial charge in [-0.1, -0.05) is 64.8 Å². The highest BCUT2D eigenvalue weighted by atomic mass is 35.5. The zero-order valence-electron chi connectivity index (χ0n) is 16.2. The molecule has 0 radical (unpaired) electrons. The number of hydrogen-bond donors (Lipinski definition) is 0. The summed E-state index contributed by atoms with van der Waals surface area (Å²) in [5, 5.41) is 11.2. The van der Waals surface area contributed by atoms with Crippen LogP contribution in [0.4, 0.5) is 0 Å². The third-order valence-electron chi connectivity index (χ3n) is 5.16. The summed E-state index contributed by atoms with van der Waals surface area (Å²) in [6.07, 6.45) is 1.76. The monoisotopic (exact) mass is 480 g/mol. The molecule has 5 nitrogen and oxygen atoms in total. The fourth-order valence-electron chi connectivity index (χ4n) is 3.59. The molecule has 2 aromatic carbocycles. The minimum absolute atomic E-state index is 0.0757. The van der Waals surface area contributed by atoms with Crippen LogP contribution in [-0.4, -0.2) is 32.1 Å². The number of rotatable bonds is 5. The van der Waals surface area contributed by atoms with E-state index in [2.05, 4.69) is 10.2 Å². The van der Waals surface area contributed by atoms with E-state index in [-0.39, 0.29) is 11.9 Å². The standard InChI is InChI=1S/C21H19Cl3N4OS/c1-27-19(25-26-21(27)30-12-13-8-9-14(22)11-17(13)24)18-7-4-10-28(18)20(29)15-5-2-3-6-16(15)23/h2-3,5-6,8-9,11,18H,4,7,10,12H2,1H3. The van der Waals surface area contributed by atoms with Crippen LogP contribution in [0.15, 0.2) is 47.6 Å². The average molecular weight is 482 g/mol. The Balaban J connectivity index is 1.52. The Morgan fingerprint density at radius 1 is 1.13 bits per heavy atom. The lowest BCUT2D eigenvalue weighted by atomic mass is 10.1. The molecule has 1 fully saturated rings. The second-order valence-electron chi connectivity index (χ2n) is 7.06. The number of carbonyl (C=O) groups excluding carboxylic acids is 1. The summed E-state index contributed by atoms with van der Waals surface area (Å²) in [5.74, 6) is 1.35. The van der Waals surface area contributed by atoms with Crippen LogP contribution in [0.5, 0.6) is 0 Å². The average Bonchev–Trinajstić information content (AvgIpc) is 3.34. The Kier molecular flexibility index (Phi) is 6.58. The van der Waals surface area contributed by atoms with Crippen molar-refractivity contribution >= 4 is 52.5 Å². The van der Waals surface area contributed by atoms with Crippen LogP contribution in [0.1, 0.15) is 40.6 Å². The zero-order valence-corrected chi connectivity index (χ0v) is 19.3. The molecule has 2 heterocycles. The molecule has 1 atom stereocenters. The summed E-state index contributed by atoms with van der Waals surface area (Å²) in [6.45, 7) is 0.671. The lowest BCUT2D eigenvalue weighted by molar-refractivity contribution is 0.0728. The van der Waals surface area contributed by atoms with Gasteiger partial charge in [-0.25, -0.2) is 0 Å². The molecule has 0 spiro atoms. The van der Waals surface area contributed by atoms with Crippen LogP contribution < -0.4 is 0 Å². The topological polar surface area (TPSA) is 51.0 Å². The van der Waals surface area contributed by atoms with E-state index >= 15 is 0 Å². The summed E-state index contributed by atoms with van der Waals surface area (Å²) < 4.78 is 1.96. The maximum atomic E-state index is 13.1. The number of halogens is 3. The SMILES string of the molecule is Cn1c(SCc2ccc(Cl)cc2Cl)nnc1C1CCCN1C(=O)c1ccccc1Cl. The Hall–Kier alpha value is -1.73. The van der Waals surface area contributed by atoms with E-state index < -0.39 is 0 Å². The van der Waals surface area contributed by atoms with Gasteiger partial charge in [-0.3, -0.25) is 4.79 Å². The van der Waals surface area contributed by atoms with Gasteiger partial charge < -0.3 is 9.47 Å². The van der Waals surface area contributed by atoms with Gasteiger partial charge in [0.15, 0.2) is 11.0 Å². The largest absolute Gasteiger partial charge is 0.328 e. The molecule has 1 aliphatic rings. The molecule has 0 N–H and O–H groups in total. The Morgan fingerprint density at radius 2 is 1.93 bits per heavy atom. The Labute approximate surface area is 194 Å². The molecule has 3 aromatic rings. The lowest BCUT2D eigenvalue weighted by Crippen LogP contribution is -2.32. The van der Waals surface area contributed by atoms with Crippen LogP contribution in [0, 0.1) is 0 Å². The molecular weight excluding hydrogens is 463 g/mol. The first-order valence-electron chi connectivity index (χ1n) is 9.47. The van der Waals surface area contributed by atoms with Crippen LogP contribution in [0.3, 0.4) is 0 Å². The van der Waals surface area contributed by atoms with Crippen molar-refractivity contribution in [2.24, 2.45) is 7.05 Å². The van der Waals surface area contributed by atoms with Gasteiger partial charge in [-0.15, -0.1) is 10.2 Å².